The number of nitrogens with zero attached hydrogens (tertiary/aromatic N) is 1. The lowest BCUT2D eigenvalue weighted by Crippen LogP contribution is -2.25. The Balaban J connectivity index is 1.73. The first-order chi connectivity index (χ1) is 9.22. The zero-order valence-corrected chi connectivity index (χ0v) is 12.3. The minimum atomic E-state index is 0.709. The molecule has 1 aliphatic carbocycles. The van der Waals surface area contributed by atoms with E-state index in [2.05, 4.69) is 23.1 Å². The Morgan fingerprint density at radius 2 is 1.95 bits per heavy atom. The van der Waals surface area contributed by atoms with Crippen molar-refractivity contribution < 1.29 is 0 Å². The Morgan fingerprint density at radius 3 is 2.58 bits per heavy atom. The zero-order chi connectivity index (χ0) is 13.2. The number of thiophene rings is 1. The van der Waals surface area contributed by atoms with Crippen LogP contribution in [0.15, 0.2) is 36.4 Å². The lowest BCUT2D eigenvalue weighted by atomic mass is 10.1. The first kappa shape index (κ1) is 13.0. The van der Waals surface area contributed by atoms with Crippen molar-refractivity contribution in [3.05, 3.63) is 51.2 Å². The minimum absolute atomic E-state index is 0.709. The molecule has 0 bridgehead atoms. The highest BCUT2D eigenvalue weighted by Crippen LogP contribution is 2.32. The third kappa shape index (κ3) is 3.30. The lowest BCUT2D eigenvalue weighted by molar-refractivity contribution is 0.248. The van der Waals surface area contributed by atoms with E-state index in [4.69, 9.17) is 17.3 Å². The number of hydrogen-bond acceptors (Lipinski definition) is 3. The number of benzene rings is 1. The summed E-state index contributed by atoms with van der Waals surface area (Å²) in [6.45, 7) is 1.89. The van der Waals surface area contributed by atoms with E-state index < -0.39 is 0 Å². The van der Waals surface area contributed by atoms with Crippen LogP contribution in [0.3, 0.4) is 0 Å². The zero-order valence-electron chi connectivity index (χ0n) is 10.7. The van der Waals surface area contributed by atoms with Crippen LogP contribution >= 0.6 is 22.9 Å². The molecule has 19 heavy (non-hydrogen) atoms. The smallest absolute Gasteiger partial charge is 0.0931 e. The van der Waals surface area contributed by atoms with Gasteiger partial charge in [-0.3, -0.25) is 4.90 Å². The predicted octanol–water partition coefficient (Wildman–Crippen LogP) is 4.15. The van der Waals surface area contributed by atoms with Crippen LogP contribution in [0, 0.1) is 0 Å². The molecule has 100 valence electrons. The van der Waals surface area contributed by atoms with E-state index in [0.29, 0.717) is 6.04 Å². The monoisotopic (exact) mass is 292 g/mol. The summed E-state index contributed by atoms with van der Waals surface area (Å²) in [5.74, 6) is 0. The molecule has 2 nitrogen and oxygen atoms in total. The van der Waals surface area contributed by atoms with Gasteiger partial charge in [0.25, 0.3) is 0 Å². The standard InChI is InChI=1S/C15H17ClN2S/c16-15-8-7-13(19-15)10-18(12-5-6-12)9-11-3-1-2-4-14(11)17/h1-4,7-8,12H,5-6,9-10,17H2. The fraction of sp³-hybridized carbons (Fsp3) is 0.333. The SMILES string of the molecule is Nc1ccccc1CN(Cc1ccc(Cl)s1)C1CC1. The third-order valence-corrected chi connectivity index (χ3v) is 4.70. The molecule has 0 spiro atoms. The van der Waals surface area contributed by atoms with Crippen molar-refractivity contribution in [2.24, 2.45) is 0 Å². The summed E-state index contributed by atoms with van der Waals surface area (Å²) in [4.78, 5) is 3.83. The van der Waals surface area contributed by atoms with Crippen LogP contribution in [-0.4, -0.2) is 10.9 Å². The van der Waals surface area contributed by atoms with E-state index in [1.54, 1.807) is 11.3 Å². The van der Waals surface area contributed by atoms with Crippen molar-refractivity contribution in [3.63, 3.8) is 0 Å². The van der Waals surface area contributed by atoms with Crippen LogP contribution in [0.4, 0.5) is 5.69 Å². The number of halogens is 1. The van der Waals surface area contributed by atoms with Gasteiger partial charge in [-0.15, -0.1) is 11.3 Å². The van der Waals surface area contributed by atoms with Crippen molar-refractivity contribution in [2.45, 2.75) is 32.0 Å². The minimum Gasteiger partial charge on any atom is -0.398 e. The molecule has 2 aromatic rings. The van der Waals surface area contributed by atoms with Gasteiger partial charge < -0.3 is 5.73 Å². The van der Waals surface area contributed by atoms with Gasteiger partial charge in [0.2, 0.25) is 0 Å². The normalized spacial score (nSPS) is 15.1. The fourth-order valence-corrected chi connectivity index (χ4v) is 3.40. The first-order valence-corrected chi connectivity index (χ1v) is 7.73. The molecule has 0 saturated heterocycles. The van der Waals surface area contributed by atoms with Gasteiger partial charge in [-0.2, -0.15) is 0 Å². The third-order valence-electron chi connectivity index (χ3n) is 3.48. The van der Waals surface area contributed by atoms with Gasteiger partial charge in [0.15, 0.2) is 0 Å². The van der Waals surface area contributed by atoms with Crippen LogP contribution in [0.5, 0.6) is 0 Å². The number of hydrogen-bond donors (Lipinski definition) is 1. The van der Waals surface area contributed by atoms with E-state index in [-0.39, 0.29) is 0 Å². The topological polar surface area (TPSA) is 29.3 Å². The molecule has 1 saturated carbocycles. The molecule has 0 aliphatic heterocycles. The summed E-state index contributed by atoms with van der Waals surface area (Å²) < 4.78 is 0.866. The lowest BCUT2D eigenvalue weighted by Gasteiger charge is -2.22. The molecule has 1 heterocycles. The summed E-state index contributed by atoms with van der Waals surface area (Å²) in [5, 5.41) is 0. The van der Waals surface area contributed by atoms with Crippen molar-refractivity contribution in [2.75, 3.05) is 5.73 Å². The maximum Gasteiger partial charge on any atom is 0.0931 e. The number of nitrogen functional groups attached to an aromatic ring is 1. The molecular formula is C15H17ClN2S. The molecule has 3 rings (SSSR count). The number of nitrogens with two attached hydrogens (primary N) is 1. The molecule has 2 N–H and O–H groups in total. The molecule has 1 fully saturated rings. The van der Waals surface area contributed by atoms with E-state index in [1.807, 2.05) is 18.2 Å². The Labute approximate surface area is 122 Å². The van der Waals surface area contributed by atoms with Crippen molar-refractivity contribution in [3.8, 4) is 0 Å². The highest BCUT2D eigenvalue weighted by molar-refractivity contribution is 7.16. The van der Waals surface area contributed by atoms with Crippen LogP contribution in [0.25, 0.3) is 0 Å². The van der Waals surface area contributed by atoms with Crippen LogP contribution in [0.2, 0.25) is 4.34 Å². The molecule has 1 aliphatic rings. The van der Waals surface area contributed by atoms with Gasteiger partial charge in [0.05, 0.1) is 4.34 Å². The number of para-hydroxylation sites is 1. The van der Waals surface area contributed by atoms with E-state index in [1.165, 1.54) is 23.3 Å². The quantitative estimate of drug-likeness (QED) is 0.839. The van der Waals surface area contributed by atoms with E-state index >= 15 is 0 Å². The summed E-state index contributed by atoms with van der Waals surface area (Å²) in [6, 6.07) is 12.9. The predicted molar refractivity (Wildman–Crippen MR) is 82.5 cm³/mol. The molecule has 1 aromatic carbocycles. The fourth-order valence-electron chi connectivity index (χ4n) is 2.29. The van der Waals surface area contributed by atoms with Crippen LogP contribution < -0.4 is 5.73 Å². The van der Waals surface area contributed by atoms with Crippen molar-refractivity contribution >= 4 is 28.6 Å². The average Bonchev–Trinajstić information content (AvgIpc) is 3.16. The summed E-state index contributed by atoms with van der Waals surface area (Å²) >= 11 is 7.67. The van der Waals surface area contributed by atoms with Gasteiger partial charge in [-0.1, -0.05) is 29.8 Å². The second-order valence-corrected chi connectivity index (χ2v) is 6.84. The second kappa shape index (κ2) is 5.53. The highest BCUT2D eigenvalue weighted by atomic mass is 35.5. The van der Waals surface area contributed by atoms with Gasteiger partial charge >= 0.3 is 0 Å². The Bertz CT molecular complexity index is 563. The highest BCUT2D eigenvalue weighted by Gasteiger charge is 2.29. The van der Waals surface area contributed by atoms with Crippen molar-refractivity contribution in [1.29, 1.82) is 0 Å². The molecular weight excluding hydrogens is 276 g/mol. The molecule has 0 radical (unpaired) electrons. The number of rotatable bonds is 5. The Hall–Kier alpha value is -1.03. The summed E-state index contributed by atoms with van der Waals surface area (Å²) in [7, 11) is 0. The summed E-state index contributed by atoms with van der Waals surface area (Å²) in [5.41, 5.74) is 8.15. The molecule has 4 heteroatoms. The van der Waals surface area contributed by atoms with Gasteiger partial charge in [-0.25, -0.2) is 0 Å². The van der Waals surface area contributed by atoms with Gasteiger partial charge in [0, 0.05) is 29.7 Å². The van der Waals surface area contributed by atoms with Gasteiger partial charge in [-0.05, 0) is 36.6 Å². The molecule has 1 aromatic heterocycles. The Kier molecular flexibility index (Phi) is 3.78. The van der Waals surface area contributed by atoms with Crippen LogP contribution in [0.1, 0.15) is 23.3 Å². The van der Waals surface area contributed by atoms with E-state index in [0.717, 1.165) is 23.1 Å². The first-order valence-electron chi connectivity index (χ1n) is 6.54. The maximum absolute atomic E-state index is 6.04. The van der Waals surface area contributed by atoms with Crippen molar-refractivity contribution in [1.82, 2.24) is 4.90 Å². The maximum atomic E-state index is 6.04. The second-order valence-electron chi connectivity index (χ2n) is 5.04. The molecule has 0 amide bonds. The van der Waals surface area contributed by atoms with E-state index in [9.17, 15) is 0 Å². The summed E-state index contributed by atoms with van der Waals surface area (Å²) in [6.07, 6.45) is 2.59. The molecule has 0 atom stereocenters. The van der Waals surface area contributed by atoms with Crippen LogP contribution in [-0.2, 0) is 13.1 Å². The Morgan fingerprint density at radius 1 is 1.16 bits per heavy atom. The average molecular weight is 293 g/mol. The van der Waals surface area contributed by atoms with Gasteiger partial charge in [0.1, 0.15) is 0 Å². The number of anilines is 1. The molecule has 0 unspecified atom stereocenters. The largest absolute Gasteiger partial charge is 0.398 e.